The van der Waals surface area contributed by atoms with E-state index in [0.29, 0.717) is 19.5 Å². The minimum atomic E-state index is -0.788. The largest absolute Gasteiger partial charge is 0.386 e. The van der Waals surface area contributed by atoms with E-state index < -0.39 is 5.60 Å². The molecule has 7 heteroatoms. The summed E-state index contributed by atoms with van der Waals surface area (Å²) in [6.07, 6.45) is 5.85. The Bertz CT molecular complexity index is 561. The molecule has 100 valence electrons. The Balaban J connectivity index is 1.72. The Labute approximate surface area is 115 Å². The third kappa shape index (κ3) is 2.69. The molecule has 1 fully saturated rings. The van der Waals surface area contributed by atoms with Crippen molar-refractivity contribution in [2.75, 3.05) is 18.0 Å². The zero-order chi connectivity index (χ0) is 13.3. The van der Waals surface area contributed by atoms with Gasteiger partial charge >= 0.3 is 0 Å². The van der Waals surface area contributed by atoms with Crippen LogP contribution in [0.1, 0.15) is 6.42 Å². The molecule has 0 spiro atoms. The lowest BCUT2D eigenvalue weighted by molar-refractivity contribution is 0.0414. The molecule has 1 N–H and O–H groups in total. The summed E-state index contributed by atoms with van der Waals surface area (Å²) in [6, 6.07) is 3.64. The van der Waals surface area contributed by atoms with Crippen LogP contribution in [0, 0.1) is 0 Å². The maximum absolute atomic E-state index is 10.6. The van der Waals surface area contributed by atoms with E-state index in [1.165, 1.54) is 0 Å². The highest BCUT2D eigenvalue weighted by Gasteiger charge is 2.37. The fourth-order valence-corrected chi connectivity index (χ4v) is 2.52. The minimum Gasteiger partial charge on any atom is -0.386 e. The Kier molecular flexibility index (Phi) is 3.12. The number of halogens is 1. The molecule has 1 aliphatic rings. The van der Waals surface area contributed by atoms with E-state index in [0.717, 1.165) is 12.4 Å². The van der Waals surface area contributed by atoms with Crippen molar-refractivity contribution < 1.29 is 5.11 Å². The van der Waals surface area contributed by atoms with E-state index in [-0.39, 0.29) is 5.28 Å². The molecule has 1 atom stereocenters. The summed E-state index contributed by atoms with van der Waals surface area (Å²) in [5.74, 6) is 0.747. The molecule has 1 saturated heterocycles. The molecule has 3 heterocycles. The highest BCUT2D eigenvalue weighted by Crippen LogP contribution is 2.27. The summed E-state index contributed by atoms with van der Waals surface area (Å²) < 4.78 is 1.75. The first-order valence-corrected chi connectivity index (χ1v) is 6.46. The van der Waals surface area contributed by atoms with Crippen LogP contribution in [0.25, 0.3) is 0 Å². The lowest BCUT2D eigenvalue weighted by Gasteiger charge is -2.23. The minimum absolute atomic E-state index is 0.222. The molecule has 3 rings (SSSR count). The Morgan fingerprint density at radius 2 is 2.32 bits per heavy atom. The van der Waals surface area contributed by atoms with Gasteiger partial charge in [0.1, 0.15) is 11.4 Å². The number of hydrogen-bond acceptors (Lipinski definition) is 5. The number of rotatable bonds is 3. The van der Waals surface area contributed by atoms with Crippen molar-refractivity contribution in [1.82, 2.24) is 19.7 Å². The van der Waals surface area contributed by atoms with E-state index in [9.17, 15) is 5.11 Å². The molecule has 0 radical (unpaired) electrons. The highest BCUT2D eigenvalue weighted by molar-refractivity contribution is 6.28. The predicted molar refractivity (Wildman–Crippen MR) is 71.0 cm³/mol. The van der Waals surface area contributed by atoms with Crippen LogP contribution in [0.15, 0.2) is 30.7 Å². The van der Waals surface area contributed by atoms with Gasteiger partial charge in [-0.3, -0.25) is 4.68 Å². The second-order valence-corrected chi connectivity index (χ2v) is 5.12. The smallest absolute Gasteiger partial charge is 0.224 e. The molecule has 2 aromatic rings. The average molecular weight is 280 g/mol. The number of hydrogen-bond donors (Lipinski definition) is 1. The Morgan fingerprint density at radius 1 is 1.42 bits per heavy atom. The molecule has 0 amide bonds. The summed E-state index contributed by atoms with van der Waals surface area (Å²) in [6.45, 7) is 1.74. The van der Waals surface area contributed by atoms with Crippen molar-refractivity contribution in [3.05, 3.63) is 36.0 Å². The van der Waals surface area contributed by atoms with Gasteiger partial charge in [-0.25, -0.2) is 9.97 Å². The highest BCUT2D eigenvalue weighted by atomic mass is 35.5. The van der Waals surface area contributed by atoms with Gasteiger partial charge in [0.15, 0.2) is 0 Å². The summed E-state index contributed by atoms with van der Waals surface area (Å²) >= 11 is 5.78. The van der Waals surface area contributed by atoms with Gasteiger partial charge in [-0.2, -0.15) is 5.10 Å². The van der Waals surface area contributed by atoms with Gasteiger partial charge in [0.25, 0.3) is 0 Å². The average Bonchev–Trinajstić information content (AvgIpc) is 3.00. The first kappa shape index (κ1) is 12.4. The van der Waals surface area contributed by atoms with Gasteiger partial charge in [0, 0.05) is 31.7 Å². The fraction of sp³-hybridized carbons (Fsp3) is 0.417. The van der Waals surface area contributed by atoms with E-state index in [1.807, 2.05) is 17.2 Å². The van der Waals surface area contributed by atoms with Crippen LogP contribution in [-0.4, -0.2) is 43.5 Å². The molecule has 1 unspecified atom stereocenters. The van der Waals surface area contributed by atoms with Crippen molar-refractivity contribution in [2.24, 2.45) is 0 Å². The predicted octanol–water partition coefficient (Wildman–Crippen LogP) is 0.968. The Hall–Kier alpha value is -1.66. The lowest BCUT2D eigenvalue weighted by Crippen LogP contribution is -2.38. The monoisotopic (exact) mass is 279 g/mol. The molecular formula is C12H14ClN5O. The normalized spacial score (nSPS) is 22.9. The second-order valence-electron chi connectivity index (χ2n) is 4.78. The number of β-amino-alcohol motifs (C(OH)–C–C–N with tert-alkyl or cyclic N) is 1. The molecule has 1 aliphatic heterocycles. The second kappa shape index (κ2) is 4.79. The summed E-state index contributed by atoms with van der Waals surface area (Å²) in [7, 11) is 0. The molecule has 0 saturated carbocycles. The van der Waals surface area contributed by atoms with Crippen molar-refractivity contribution >= 4 is 17.4 Å². The van der Waals surface area contributed by atoms with Crippen molar-refractivity contribution in [3.8, 4) is 0 Å². The quantitative estimate of drug-likeness (QED) is 0.848. The third-order valence-electron chi connectivity index (χ3n) is 3.28. The molecular weight excluding hydrogens is 266 g/mol. The summed E-state index contributed by atoms with van der Waals surface area (Å²) in [5.41, 5.74) is -0.788. The maximum atomic E-state index is 10.6. The molecule has 0 aliphatic carbocycles. The zero-order valence-corrected chi connectivity index (χ0v) is 11.0. The van der Waals surface area contributed by atoms with Gasteiger partial charge < -0.3 is 10.0 Å². The van der Waals surface area contributed by atoms with Crippen LogP contribution in [0.2, 0.25) is 5.28 Å². The lowest BCUT2D eigenvalue weighted by atomic mass is 10.0. The fourth-order valence-electron chi connectivity index (χ4n) is 2.38. The molecule has 2 aromatic heterocycles. The summed E-state index contributed by atoms with van der Waals surface area (Å²) in [5, 5.41) is 14.9. The van der Waals surface area contributed by atoms with E-state index >= 15 is 0 Å². The third-order valence-corrected chi connectivity index (χ3v) is 3.47. The van der Waals surface area contributed by atoms with Gasteiger partial charge in [0.05, 0.1) is 6.54 Å². The number of nitrogens with zero attached hydrogens (tertiary/aromatic N) is 5. The first-order chi connectivity index (χ1) is 9.15. The first-order valence-electron chi connectivity index (χ1n) is 6.08. The van der Waals surface area contributed by atoms with Crippen molar-refractivity contribution in [1.29, 1.82) is 0 Å². The van der Waals surface area contributed by atoms with E-state index in [4.69, 9.17) is 11.6 Å². The topological polar surface area (TPSA) is 67.1 Å². The molecule has 19 heavy (non-hydrogen) atoms. The van der Waals surface area contributed by atoms with Gasteiger partial charge in [0.2, 0.25) is 5.28 Å². The molecule has 0 aromatic carbocycles. The summed E-state index contributed by atoms with van der Waals surface area (Å²) in [4.78, 5) is 10.0. The number of anilines is 1. The van der Waals surface area contributed by atoms with Gasteiger partial charge in [-0.1, -0.05) is 0 Å². The van der Waals surface area contributed by atoms with Crippen LogP contribution in [0.5, 0.6) is 0 Å². The van der Waals surface area contributed by atoms with Crippen molar-refractivity contribution in [3.63, 3.8) is 0 Å². The Morgan fingerprint density at radius 3 is 3.05 bits per heavy atom. The van der Waals surface area contributed by atoms with Gasteiger partial charge in [-0.05, 0) is 30.2 Å². The van der Waals surface area contributed by atoms with E-state index in [2.05, 4.69) is 15.1 Å². The van der Waals surface area contributed by atoms with Crippen LogP contribution in [0.4, 0.5) is 5.82 Å². The van der Waals surface area contributed by atoms with Crippen LogP contribution >= 0.6 is 11.6 Å². The number of aromatic nitrogens is 4. The van der Waals surface area contributed by atoms with Gasteiger partial charge in [-0.15, -0.1) is 0 Å². The SMILES string of the molecule is OC1(Cn2cccn2)CCN(c2ccnc(Cl)n2)C1. The van der Waals surface area contributed by atoms with Crippen LogP contribution in [0.3, 0.4) is 0 Å². The van der Waals surface area contributed by atoms with Crippen molar-refractivity contribution in [2.45, 2.75) is 18.6 Å². The standard InChI is InChI=1S/C12H14ClN5O/c13-11-14-5-2-10(16-11)17-7-3-12(19,8-17)9-18-6-1-4-15-18/h1-2,4-6,19H,3,7-9H2. The maximum Gasteiger partial charge on any atom is 0.224 e. The number of aliphatic hydroxyl groups is 1. The molecule has 6 nitrogen and oxygen atoms in total. The van der Waals surface area contributed by atoms with Crippen LogP contribution < -0.4 is 4.90 Å². The van der Waals surface area contributed by atoms with Crippen LogP contribution in [-0.2, 0) is 6.54 Å². The molecule has 0 bridgehead atoms. The van der Waals surface area contributed by atoms with E-state index in [1.54, 1.807) is 23.1 Å². The zero-order valence-electron chi connectivity index (χ0n) is 10.3.